The van der Waals surface area contributed by atoms with Crippen molar-refractivity contribution in [1.82, 2.24) is 9.47 Å². The summed E-state index contributed by atoms with van der Waals surface area (Å²) in [6, 6.07) is 5.29. The smallest absolute Gasteiger partial charge is 0.408 e. The van der Waals surface area contributed by atoms with Crippen LogP contribution in [0.25, 0.3) is 11.1 Å². The monoisotopic (exact) mass is 366 g/mol. The van der Waals surface area contributed by atoms with Gasteiger partial charge in [-0.15, -0.1) is 0 Å². The molecule has 0 spiro atoms. The molecule has 0 aliphatic carbocycles. The molecule has 4 rings (SSSR count). The number of hydrogen-bond acceptors (Lipinski definition) is 5. The van der Waals surface area contributed by atoms with E-state index in [4.69, 9.17) is 25.5 Å². The molecule has 136 valence electrons. The molecule has 0 N–H and O–H groups in total. The first-order valence-corrected chi connectivity index (χ1v) is 9.31. The molecule has 6 nitrogen and oxygen atoms in total. The summed E-state index contributed by atoms with van der Waals surface area (Å²) in [7, 11) is 0. The van der Waals surface area contributed by atoms with Gasteiger partial charge in [0.25, 0.3) is 0 Å². The Morgan fingerprint density at radius 1 is 1.12 bits per heavy atom. The summed E-state index contributed by atoms with van der Waals surface area (Å²) >= 11 is 6.00. The molecular weight excluding hydrogens is 344 g/mol. The van der Waals surface area contributed by atoms with E-state index in [0.29, 0.717) is 17.3 Å². The Labute approximate surface area is 151 Å². The summed E-state index contributed by atoms with van der Waals surface area (Å²) in [6.45, 7) is 3.71. The molecule has 2 aliphatic rings. The maximum atomic E-state index is 12.3. The number of rotatable bonds is 6. The molecule has 2 saturated heterocycles. The lowest BCUT2D eigenvalue weighted by Gasteiger charge is -2.27. The highest BCUT2D eigenvalue weighted by Crippen LogP contribution is 2.21. The van der Waals surface area contributed by atoms with E-state index in [9.17, 15) is 4.79 Å². The maximum Gasteiger partial charge on any atom is 0.421 e. The molecule has 2 aliphatic heterocycles. The van der Waals surface area contributed by atoms with Crippen LogP contribution in [0.15, 0.2) is 27.4 Å². The number of halogens is 1. The van der Waals surface area contributed by atoms with Crippen molar-refractivity contribution in [2.24, 2.45) is 0 Å². The second kappa shape index (κ2) is 7.50. The van der Waals surface area contributed by atoms with Crippen molar-refractivity contribution in [1.29, 1.82) is 0 Å². The first kappa shape index (κ1) is 17.1. The van der Waals surface area contributed by atoms with Gasteiger partial charge in [-0.3, -0.25) is 9.47 Å². The molecule has 0 bridgehead atoms. The van der Waals surface area contributed by atoms with Crippen molar-refractivity contribution in [3.05, 3.63) is 33.8 Å². The summed E-state index contributed by atoms with van der Waals surface area (Å²) < 4.78 is 18.6. The van der Waals surface area contributed by atoms with E-state index in [0.717, 1.165) is 57.5 Å². The predicted molar refractivity (Wildman–Crippen MR) is 95.0 cm³/mol. The highest BCUT2D eigenvalue weighted by Gasteiger charge is 2.25. The third-order valence-electron chi connectivity index (χ3n) is 4.94. The van der Waals surface area contributed by atoms with Crippen LogP contribution < -0.4 is 5.76 Å². The van der Waals surface area contributed by atoms with E-state index < -0.39 is 0 Å². The largest absolute Gasteiger partial charge is 0.421 e. The Morgan fingerprint density at radius 3 is 2.40 bits per heavy atom. The van der Waals surface area contributed by atoms with Crippen LogP contribution in [0.3, 0.4) is 0 Å². The van der Waals surface area contributed by atoms with Gasteiger partial charge in [-0.25, -0.2) is 4.79 Å². The van der Waals surface area contributed by atoms with Crippen molar-refractivity contribution in [2.45, 2.75) is 44.6 Å². The Hall–Kier alpha value is -1.34. The highest BCUT2D eigenvalue weighted by molar-refractivity contribution is 6.31. The molecule has 0 unspecified atom stereocenters. The van der Waals surface area contributed by atoms with Gasteiger partial charge in [0.05, 0.1) is 24.4 Å². The molecule has 0 saturated carbocycles. The van der Waals surface area contributed by atoms with Crippen molar-refractivity contribution in [2.75, 3.05) is 26.3 Å². The zero-order chi connectivity index (χ0) is 17.2. The summed E-state index contributed by atoms with van der Waals surface area (Å²) in [4.78, 5) is 14.6. The quantitative estimate of drug-likeness (QED) is 0.786. The number of ether oxygens (including phenoxy) is 2. The van der Waals surface area contributed by atoms with Crippen molar-refractivity contribution in [3.8, 4) is 0 Å². The topological polar surface area (TPSA) is 56.8 Å². The van der Waals surface area contributed by atoms with Crippen LogP contribution in [0, 0.1) is 0 Å². The molecule has 7 heteroatoms. The third kappa shape index (κ3) is 3.92. The fourth-order valence-electron chi connectivity index (χ4n) is 3.72. The zero-order valence-electron chi connectivity index (χ0n) is 14.2. The van der Waals surface area contributed by atoms with Crippen molar-refractivity contribution in [3.63, 3.8) is 0 Å². The maximum absolute atomic E-state index is 12.3. The van der Waals surface area contributed by atoms with Crippen LogP contribution in [-0.4, -0.2) is 48.0 Å². The minimum atomic E-state index is -0.359. The average Bonchev–Trinajstić information content (AvgIpc) is 3.31. The van der Waals surface area contributed by atoms with Gasteiger partial charge in [-0.05, 0) is 37.8 Å². The van der Waals surface area contributed by atoms with Crippen LogP contribution in [0.1, 0.15) is 25.7 Å². The minimum absolute atomic E-state index is 0.227. The molecule has 1 aromatic carbocycles. The van der Waals surface area contributed by atoms with Gasteiger partial charge < -0.3 is 13.9 Å². The van der Waals surface area contributed by atoms with Crippen LogP contribution >= 0.6 is 11.6 Å². The number of benzene rings is 1. The number of nitrogens with zero attached hydrogens (tertiary/aromatic N) is 2. The molecule has 2 atom stereocenters. The molecule has 0 amide bonds. The minimum Gasteiger partial charge on any atom is -0.408 e. The van der Waals surface area contributed by atoms with Crippen LogP contribution in [0.4, 0.5) is 0 Å². The van der Waals surface area contributed by atoms with E-state index >= 15 is 0 Å². The lowest BCUT2D eigenvalue weighted by Crippen LogP contribution is -2.40. The second-order valence-electron chi connectivity index (χ2n) is 6.86. The summed E-state index contributed by atoms with van der Waals surface area (Å²) in [5, 5.41) is 0.559. The van der Waals surface area contributed by atoms with E-state index in [-0.39, 0.29) is 18.0 Å². The van der Waals surface area contributed by atoms with Gasteiger partial charge in [0.2, 0.25) is 0 Å². The predicted octanol–water partition coefficient (Wildman–Crippen LogP) is 2.87. The Bertz CT molecular complexity index is 757. The Morgan fingerprint density at radius 2 is 1.80 bits per heavy atom. The van der Waals surface area contributed by atoms with Gasteiger partial charge >= 0.3 is 5.76 Å². The zero-order valence-corrected chi connectivity index (χ0v) is 14.9. The fraction of sp³-hybridized carbons (Fsp3) is 0.611. The molecule has 2 aromatic rings. The van der Waals surface area contributed by atoms with Crippen LogP contribution in [-0.2, 0) is 16.1 Å². The molecule has 0 radical (unpaired) electrons. The molecule has 1 aromatic heterocycles. The van der Waals surface area contributed by atoms with Crippen LogP contribution in [0.2, 0.25) is 5.02 Å². The number of hydrogen-bond donors (Lipinski definition) is 0. The van der Waals surface area contributed by atoms with E-state index in [2.05, 4.69) is 4.90 Å². The van der Waals surface area contributed by atoms with Gasteiger partial charge in [0, 0.05) is 37.4 Å². The fourth-order valence-corrected chi connectivity index (χ4v) is 3.88. The summed E-state index contributed by atoms with van der Waals surface area (Å²) in [5.41, 5.74) is 1.28. The van der Waals surface area contributed by atoms with E-state index in [1.807, 2.05) is 6.07 Å². The highest BCUT2D eigenvalue weighted by atomic mass is 35.5. The van der Waals surface area contributed by atoms with Crippen molar-refractivity contribution >= 4 is 22.7 Å². The van der Waals surface area contributed by atoms with Gasteiger partial charge in [-0.2, -0.15) is 0 Å². The Kier molecular flexibility index (Phi) is 5.12. The standard InChI is InChI=1S/C18H23ClN2O4/c19-13-5-6-16-17(9-13)25-18(22)21(16)12-20(10-14-3-1-7-23-14)11-15-4-2-8-24-15/h5-6,9,14-15H,1-4,7-8,10-12H2/t14-,15-/m1/s1. The molecule has 25 heavy (non-hydrogen) atoms. The summed E-state index contributed by atoms with van der Waals surface area (Å²) in [5.74, 6) is -0.359. The SMILES string of the molecule is O=c1oc2cc(Cl)ccc2n1CN(C[C@H]1CCCO1)C[C@H]1CCCO1. The number of fused-ring (bicyclic) bond motifs is 1. The normalized spacial score (nSPS) is 23.9. The third-order valence-corrected chi connectivity index (χ3v) is 5.18. The number of aromatic nitrogens is 1. The number of oxazole rings is 1. The van der Waals surface area contributed by atoms with Gasteiger partial charge in [0.1, 0.15) is 0 Å². The molecular formula is C18H23ClN2O4. The lowest BCUT2D eigenvalue weighted by atomic mass is 10.2. The lowest BCUT2D eigenvalue weighted by molar-refractivity contribution is 0.0252. The van der Waals surface area contributed by atoms with Crippen LogP contribution in [0.5, 0.6) is 0 Å². The Balaban J connectivity index is 1.56. The first-order valence-electron chi connectivity index (χ1n) is 8.93. The van der Waals surface area contributed by atoms with E-state index in [1.165, 1.54) is 0 Å². The summed E-state index contributed by atoms with van der Waals surface area (Å²) in [6.07, 6.45) is 4.79. The van der Waals surface area contributed by atoms with Crippen molar-refractivity contribution < 1.29 is 13.9 Å². The van der Waals surface area contributed by atoms with Gasteiger partial charge in [-0.1, -0.05) is 11.6 Å². The average molecular weight is 367 g/mol. The molecule has 2 fully saturated rings. The van der Waals surface area contributed by atoms with Gasteiger partial charge in [0.15, 0.2) is 5.58 Å². The first-order chi connectivity index (χ1) is 12.2. The van der Waals surface area contributed by atoms with E-state index in [1.54, 1.807) is 16.7 Å². The molecule has 3 heterocycles. The second-order valence-corrected chi connectivity index (χ2v) is 7.29.